The van der Waals surface area contributed by atoms with E-state index in [0.717, 1.165) is 23.0 Å². The largest absolute Gasteiger partial charge is 0.349 e. The monoisotopic (exact) mass is 469 g/mol. The fraction of sp³-hybridized carbons (Fsp3) is 0.214. The molecule has 0 bridgehead atoms. The zero-order valence-electron chi connectivity index (χ0n) is 18.7. The summed E-state index contributed by atoms with van der Waals surface area (Å²) in [6.07, 6.45) is -0.193. The number of hydrogen-bond donors (Lipinski definition) is 0. The molecule has 3 aromatic rings. The number of ketones is 2. The van der Waals surface area contributed by atoms with Gasteiger partial charge in [-0.25, -0.2) is 9.29 Å². The van der Waals surface area contributed by atoms with Crippen molar-refractivity contribution in [2.24, 2.45) is 11.8 Å². The molecule has 0 aromatic heterocycles. The molecule has 2 amide bonds. The lowest BCUT2D eigenvalue weighted by Crippen LogP contribution is -2.51. The molecule has 0 radical (unpaired) electrons. The van der Waals surface area contributed by atoms with Crippen LogP contribution in [0, 0.1) is 17.7 Å². The standard InChI is InChI=1S/C28H20FNO5/c1-2-15-10-12-16(13-11-15)23-21-22(27(34)30(26(21)33)18-7-5-6-17(29)14-18)28(35-23)24(31)19-8-3-4-9-20(19)25(28)32/h3-14,21-23H,2H2,1H3/t21-,22-,23+/m0/s1. The van der Waals surface area contributed by atoms with Crippen molar-refractivity contribution in [2.75, 3.05) is 4.90 Å². The molecule has 0 N–H and O–H groups in total. The SMILES string of the molecule is CCc1ccc([C@H]2OC3(C(=O)c4ccccc4C3=O)[C@@H]3C(=O)N(c4cccc(F)c4)C(=O)[C@H]23)cc1. The Hall–Kier alpha value is -3.97. The van der Waals surface area contributed by atoms with Crippen LogP contribution < -0.4 is 4.90 Å². The van der Waals surface area contributed by atoms with Crippen LogP contribution in [0.5, 0.6) is 0 Å². The van der Waals surface area contributed by atoms with Gasteiger partial charge in [0.05, 0.1) is 23.6 Å². The first-order valence-electron chi connectivity index (χ1n) is 11.5. The van der Waals surface area contributed by atoms with E-state index in [1.165, 1.54) is 30.3 Å². The van der Waals surface area contributed by atoms with E-state index in [0.29, 0.717) is 5.56 Å². The molecule has 6 nitrogen and oxygen atoms in total. The van der Waals surface area contributed by atoms with Crippen LogP contribution in [0.4, 0.5) is 10.1 Å². The third-order valence-electron chi connectivity index (χ3n) is 7.30. The highest BCUT2D eigenvalue weighted by molar-refractivity contribution is 6.37. The fourth-order valence-electron chi connectivity index (χ4n) is 5.63. The zero-order chi connectivity index (χ0) is 24.5. The molecule has 1 aliphatic carbocycles. The molecule has 2 fully saturated rings. The smallest absolute Gasteiger partial charge is 0.241 e. The summed E-state index contributed by atoms with van der Waals surface area (Å²) in [7, 11) is 0. The van der Waals surface area contributed by atoms with Crippen LogP contribution in [0.3, 0.4) is 0 Å². The quantitative estimate of drug-likeness (QED) is 0.427. The minimum absolute atomic E-state index is 0.0556. The van der Waals surface area contributed by atoms with Gasteiger partial charge in [0.25, 0.3) is 0 Å². The average Bonchev–Trinajstić information content (AvgIpc) is 3.44. The highest BCUT2D eigenvalue weighted by Crippen LogP contribution is 2.57. The summed E-state index contributed by atoms with van der Waals surface area (Å²) in [5, 5.41) is 0. The number of anilines is 1. The van der Waals surface area contributed by atoms with Crippen molar-refractivity contribution in [1.29, 1.82) is 0 Å². The third kappa shape index (κ3) is 2.79. The van der Waals surface area contributed by atoms with Gasteiger partial charge in [0, 0.05) is 11.1 Å². The van der Waals surface area contributed by atoms with E-state index in [2.05, 4.69) is 0 Å². The highest BCUT2D eigenvalue weighted by Gasteiger charge is 2.74. The number of Topliss-reactive ketones (excluding diaryl/α,β-unsaturated/α-hetero) is 2. The average molecular weight is 469 g/mol. The number of ether oxygens (including phenoxy) is 1. The van der Waals surface area contributed by atoms with Crippen LogP contribution in [0.1, 0.15) is 44.9 Å². The molecular weight excluding hydrogens is 449 g/mol. The number of aryl methyl sites for hydroxylation is 1. The van der Waals surface area contributed by atoms with Crippen LogP contribution in [0.25, 0.3) is 0 Å². The zero-order valence-corrected chi connectivity index (χ0v) is 18.7. The number of halogens is 1. The maximum Gasteiger partial charge on any atom is 0.241 e. The first-order valence-corrected chi connectivity index (χ1v) is 11.5. The van der Waals surface area contributed by atoms with Gasteiger partial charge in [-0.15, -0.1) is 0 Å². The molecule has 2 saturated heterocycles. The Labute approximate surface area is 200 Å². The molecule has 3 aliphatic rings. The number of carbonyl (C=O) groups excluding carboxylic acids is 4. The van der Waals surface area contributed by atoms with Crippen molar-refractivity contribution in [1.82, 2.24) is 0 Å². The van der Waals surface area contributed by atoms with E-state index in [1.807, 2.05) is 19.1 Å². The second-order valence-corrected chi connectivity index (χ2v) is 9.07. The van der Waals surface area contributed by atoms with Gasteiger partial charge in [-0.2, -0.15) is 0 Å². The number of nitrogens with zero attached hydrogens (tertiary/aromatic N) is 1. The van der Waals surface area contributed by atoms with Crippen molar-refractivity contribution >= 4 is 29.1 Å². The maximum absolute atomic E-state index is 14.0. The Balaban J connectivity index is 1.53. The van der Waals surface area contributed by atoms with Gasteiger partial charge >= 0.3 is 0 Å². The maximum atomic E-state index is 14.0. The van der Waals surface area contributed by atoms with Crippen molar-refractivity contribution in [3.8, 4) is 0 Å². The van der Waals surface area contributed by atoms with Gasteiger partial charge < -0.3 is 4.74 Å². The van der Waals surface area contributed by atoms with Gasteiger partial charge in [-0.05, 0) is 35.7 Å². The Morgan fingerprint density at radius 3 is 2.11 bits per heavy atom. The highest BCUT2D eigenvalue weighted by atomic mass is 19.1. The molecule has 35 heavy (non-hydrogen) atoms. The first-order chi connectivity index (χ1) is 16.9. The summed E-state index contributed by atoms with van der Waals surface area (Å²) in [6, 6.07) is 18.8. The molecule has 0 saturated carbocycles. The van der Waals surface area contributed by atoms with Crippen LogP contribution in [-0.2, 0) is 20.7 Å². The molecule has 3 aromatic carbocycles. The van der Waals surface area contributed by atoms with E-state index in [9.17, 15) is 23.6 Å². The molecule has 0 unspecified atom stereocenters. The Kier molecular flexibility index (Phi) is 4.63. The topological polar surface area (TPSA) is 80.8 Å². The normalized spacial score (nSPS) is 24.4. The van der Waals surface area contributed by atoms with Crippen LogP contribution in [-0.4, -0.2) is 29.0 Å². The summed E-state index contributed by atoms with van der Waals surface area (Å²) in [4.78, 5) is 55.8. The van der Waals surface area contributed by atoms with Gasteiger partial charge in [0.2, 0.25) is 29.0 Å². The predicted octanol–water partition coefficient (Wildman–Crippen LogP) is 4.08. The number of hydrogen-bond acceptors (Lipinski definition) is 5. The van der Waals surface area contributed by atoms with E-state index in [-0.39, 0.29) is 16.8 Å². The number of benzene rings is 3. The molecule has 2 heterocycles. The van der Waals surface area contributed by atoms with E-state index >= 15 is 0 Å². The van der Waals surface area contributed by atoms with Gasteiger partial charge in [-0.3, -0.25) is 19.2 Å². The lowest BCUT2D eigenvalue weighted by atomic mass is 9.77. The second kappa shape index (κ2) is 7.52. The van der Waals surface area contributed by atoms with E-state index < -0.39 is 52.7 Å². The number of fused-ring (bicyclic) bond motifs is 3. The van der Waals surface area contributed by atoms with Crippen LogP contribution in [0.2, 0.25) is 0 Å². The lowest BCUT2D eigenvalue weighted by Gasteiger charge is -2.27. The first kappa shape index (κ1) is 21.6. The molecule has 7 heteroatoms. The van der Waals surface area contributed by atoms with Gasteiger partial charge in [0.15, 0.2) is 0 Å². The summed E-state index contributed by atoms with van der Waals surface area (Å²) in [5.74, 6) is -5.69. The van der Waals surface area contributed by atoms with Crippen molar-refractivity contribution in [3.05, 3.63) is 101 Å². The lowest BCUT2D eigenvalue weighted by molar-refractivity contribution is -0.127. The Bertz CT molecular complexity index is 1390. The molecule has 3 atom stereocenters. The molecule has 174 valence electrons. The molecular formula is C28H20FNO5. The third-order valence-corrected chi connectivity index (χ3v) is 7.30. The molecule has 2 aliphatic heterocycles. The van der Waals surface area contributed by atoms with E-state index in [4.69, 9.17) is 4.74 Å². The summed E-state index contributed by atoms with van der Waals surface area (Å²) >= 11 is 0. The number of rotatable bonds is 3. The van der Waals surface area contributed by atoms with Gasteiger partial charge in [-0.1, -0.05) is 61.5 Å². The number of imide groups is 1. The minimum atomic E-state index is -2.14. The summed E-state index contributed by atoms with van der Waals surface area (Å²) in [5.41, 5.74) is -0.0935. The minimum Gasteiger partial charge on any atom is -0.349 e. The predicted molar refractivity (Wildman–Crippen MR) is 123 cm³/mol. The van der Waals surface area contributed by atoms with E-state index in [1.54, 1.807) is 24.3 Å². The van der Waals surface area contributed by atoms with Crippen LogP contribution >= 0.6 is 0 Å². The number of amides is 2. The molecule has 1 spiro atoms. The van der Waals surface area contributed by atoms with Crippen molar-refractivity contribution in [3.63, 3.8) is 0 Å². The van der Waals surface area contributed by atoms with Crippen molar-refractivity contribution in [2.45, 2.75) is 25.0 Å². The van der Waals surface area contributed by atoms with Crippen LogP contribution in [0.15, 0.2) is 72.8 Å². The second-order valence-electron chi connectivity index (χ2n) is 9.07. The summed E-state index contributed by atoms with van der Waals surface area (Å²) < 4.78 is 20.2. The van der Waals surface area contributed by atoms with Crippen molar-refractivity contribution < 1.29 is 28.3 Å². The molecule has 6 rings (SSSR count). The van der Waals surface area contributed by atoms with Gasteiger partial charge in [0.1, 0.15) is 5.82 Å². The number of carbonyl (C=O) groups is 4. The summed E-state index contributed by atoms with van der Waals surface area (Å²) in [6.45, 7) is 2.01. The Morgan fingerprint density at radius 1 is 0.857 bits per heavy atom. The Morgan fingerprint density at radius 2 is 1.51 bits per heavy atom. The fourth-order valence-corrected chi connectivity index (χ4v) is 5.63.